The lowest BCUT2D eigenvalue weighted by molar-refractivity contribution is 0.111. The fraction of sp³-hybridized carbons (Fsp3) is 0.0625. The Morgan fingerprint density at radius 2 is 1.68 bits per heavy atom. The van der Waals surface area contributed by atoms with Gasteiger partial charge in [0.25, 0.3) is 10.0 Å². The van der Waals surface area contributed by atoms with Gasteiger partial charge in [0.15, 0.2) is 6.29 Å². The highest BCUT2D eigenvalue weighted by Crippen LogP contribution is 2.31. The van der Waals surface area contributed by atoms with Gasteiger partial charge >= 0.3 is 0 Å². The third kappa shape index (κ3) is 2.00. The molecule has 0 amide bonds. The molecule has 5 nitrogen and oxygen atoms in total. The summed E-state index contributed by atoms with van der Waals surface area (Å²) in [5, 5.41) is 0.542. The number of anilines is 1. The molecule has 0 fully saturated rings. The van der Waals surface area contributed by atoms with Gasteiger partial charge in [-0.25, -0.2) is 12.4 Å². The van der Waals surface area contributed by atoms with Crippen LogP contribution in [0.25, 0.3) is 10.9 Å². The van der Waals surface area contributed by atoms with E-state index in [4.69, 9.17) is 5.73 Å². The van der Waals surface area contributed by atoms with Crippen LogP contribution in [-0.4, -0.2) is 18.7 Å². The van der Waals surface area contributed by atoms with Crippen LogP contribution < -0.4 is 5.73 Å². The Bertz CT molecular complexity index is 971. The SMILES string of the molecule is Cc1ccc(S(=O)(=O)n2c(C=O)c(N)c3ccccc32)cc1. The van der Waals surface area contributed by atoms with Gasteiger partial charge in [0.05, 0.1) is 16.1 Å². The van der Waals surface area contributed by atoms with Crippen molar-refractivity contribution < 1.29 is 13.2 Å². The molecule has 0 aliphatic heterocycles. The van der Waals surface area contributed by atoms with Crippen molar-refractivity contribution in [2.75, 3.05) is 5.73 Å². The normalized spacial score (nSPS) is 11.7. The highest BCUT2D eigenvalue weighted by molar-refractivity contribution is 7.90. The number of benzene rings is 2. The van der Waals surface area contributed by atoms with Crippen molar-refractivity contribution in [2.24, 2.45) is 0 Å². The number of para-hydroxylation sites is 1. The minimum Gasteiger partial charge on any atom is -0.396 e. The third-order valence-corrected chi connectivity index (χ3v) is 5.32. The maximum Gasteiger partial charge on any atom is 0.268 e. The van der Waals surface area contributed by atoms with E-state index < -0.39 is 10.0 Å². The number of aryl methyl sites for hydroxylation is 1. The van der Waals surface area contributed by atoms with Crippen LogP contribution in [0.15, 0.2) is 53.4 Å². The zero-order chi connectivity index (χ0) is 15.9. The van der Waals surface area contributed by atoms with E-state index >= 15 is 0 Å². The monoisotopic (exact) mass is 314 g/mol. The van der Waals surface area contributed by atoms with Crippen LogP contribution in [-0.2, 0) is 10.0 Å². The highest BCUT2D eigenvalue weighted by atomic mass is 32.2. The molecule has 112 valence electrons. The molecule has 0 aliphatic carbocycles. The molecule has 0 atom stereocenters. The summed E-state index contributed by atoms with van der Waals surface area (Å²) < 4.78 is 26.8. The maximum absolute atomic E-state index is 12.9. The molecular weight excluding hydrogens is 300 g/mol. The first-order valence-electron chi connectivity index (χ1n) is 6.63. The van der Waals surface area contributed by atoms with Gasteiger partial charge in [0.2, 0.25) is 0 Å². The zero-order valence-corrected chi connectivity index (χ0v) is 12.7. The second kappa shape index (κ2) is 4.99. The summed E-state index contributed by atoms with van der Waals surface area (Å²) in [7, 11) is -3.90. The largest absolute Gasteiger partial charge is 0.396 e. The summed E-state index contributed by atoms with van der Waals surface area (Å²) in [6.45, 7) is 1.87. The molecule has 22 heavy (non-hydrogen) atoms. The van der Waals surface area contributed by atoms with E-state index in [1.54, 1.807) is 36.4 Å². The number of carbonyl (C=O) groups excluding carboxylic acids is 1. The van der Waals surface area contributed by atoms with Gasteiger partial charge in [-0.05, 0) is 25.1 Å². The summed E-state index contributed by atoms with van der Waals surface area (Å²) in [5.41, 5.74) is 7.39. The molecule has 2 N–H and O–H groups in total. The fourth-order valence-corrected chi connectivity index (χ4v) is 3.95. The Morgan fingerprint density at radius 3 is 2.32 bits per heavy atom. The quantitative estimate of drug-likeness (QED) is 0.753. The smallest absolute Gasteiger partial charge is 0.268 e. The Morgan fingerprint density at radius 1 is 1.05 bits per heavy atom. The molecule has 2 aromatic carbocycles. The van der Waals surface area contributed by atoms with E-state index in [1.165, 1.54) is 12.1 Å². The molecule has 3 aromatic rings. The van der Waals surface area contributed by atoms with Gasteiger partial charge in [0, 0.05) is 5.39 Å². The number of carbonyl (C=O) groups is 1. The summed E-state index contributed by atoms with van der Waals surface area (Å²) in [5.74, 6) is 0. The molecule has 0 aliphatic rings. The summed E-state index contributed by atoms with van der Waals surface area (Å²) >= 11 is 0. The second-order valence-electron chi connectivity index (χ2n) is 5.02. The molecule has 0 saturated carbocycles. The van der Waals surface area contributed by atoms with Crippen LogP contribution in [0.5, 0.6) is 0 Å². The van der Waals surface area contributed by atoms with Crippen LogP contribution >= 0.6 is 0 Å². The lowest BCUT2D eigenvalue weighted by atomic mass is 10.2. The Labute approximate surface area is 128 Å². The van der Waals surface area contributed by atoms with E-state index in [9.17, 15) is 13.2 Å². The number of hydrogen-bond acceptors (Lipinski definition) is 4. The first kappa shape index (κ1) is 14.3. The molecule has 3 rings (SSSR count). The van der Waals surface area contributed by atoms with Crippen molar-refractivity contribution in [3.8, 4) is 0 Å². The first-order chi connectivity index (χ1) is 10.5. The minimum atomic E-state index is -3.90. The lowest BCUT2D eigenvalue weighted by Gasteiger charge is -2.09. The average molecular weight is 314 g/mol. The Kier molecular flexibility index (Phi) is 3.26. The van der Waals surface area contributed by atoms with Gasteiger partial charge < -0.3 is 5.73 Å². The number of aromatic nitrogens is 1. The van der Waals surface area contributed by atoms with Gasteiger partial charge in [-0.15, -0.1) is 0 Å². The van der Waals surface area contributed by atoms with E-state index in [0.29, 0.717) is 17.2 Å². The number of fused-ring (bicyclic) bond motifs is 1. The predicted molar refractivity (Wildman–Crippen MR) is 85.5 cm³/mol. The first-order valence-corrected chi connectivity index (χ1v) is 8.07. The molecule has 0 unspecified atom stereocenters. The molecular formula is C16H14N2O3S. The topological polar surface area (TPSA) is 82.2 Å². The molecule has 1 aromatic heterocycles. The number of aldehydes is 1. The Balaban J connectivity index is 2.38. The average Bonchev–Trinajstić information content (AvgIpc) is 2.81. The van der Waals surface area contributed by atoms with Crippen LogP contribution in [0.1, 0.15) is 16.1 Å². The summed E-state index contributed by atoms with van der Waals surface area (Å²) in [4.78, 5) is 11.5. The molecule has 6 heteroatoms. The molecule has 1 heterocycles. The van der Waals surface area contributed by atoms with Crippen molar-refractivity contribution >= 4 is 32.9 Å². The second-order valence-corrected chi connectivity index (χ2v) is 6.80. The van der Waals surface area contributed by atoms with E-state index in [2.05, 4.69) is 0 Å². The number of hydrogen-bond donors (Lipinski definition) is 1. The van der Waals surface area contributed by atoms with E-state index in [1.807, 2.05) is 6.92 Å². The number of nitrogen functional groups attached to an aromatic ring is 1. The van der Waals surface area contributed by atoms with Crippen molar-refractivity contribution in [1.29, 1.82) is 0 Å². The van der Waals surface area contributed by atoms with Crippen molar-refractivity contribution in [2.45, 2.75) is 11.8 Å². The zero-order valence-electron chi connectivity index (χ0n) is 11.9. The van der Waals surface area contributed by atoms with Crippen LogP contribution in [0, 0.1) is 6.92 Å². The van der Waals surface area contributed by atoms with Crippen molar-refractivity contribution in [1.82, 2.24) is 3.97 Å². The van der Waals surface area contributed by atoms with Crippen LogP contribution in [0.4, 0.5) is 5.69 Å². The van der Waals surface area contributed by atoms with Gasteiger partial charge in [-0.2, -0.15) is 0 Å². The molecule has 0 saturated heterocycles. The molecule has 0 spiro atoms. The van der Waals surface area contributed by atoms with E-state index in [0.717, 1.165) is 9.54 Å². The number of nitrogens with zero attached hydrogens (tertiary/aromatic N) is 1. The predicted octanol–water partition coefficient (Wildman–Crippen LogP) is 2.58. The highest BCUT2D eigenvalue weighted by Gasteiger charge is 2.25. The third-order valence-electron chi connectivity index (χ3n) is 3.58. The fourth-order valence-electron chi connectivity index (χ4n) is 2.44. The van der Waals surface area contributed by atoms with Gasteiger partial charge in [-0.3, -0.25) is 4.79 Å². The number of nitrogens with two attached hydrogens (primary N) is 1. The van der Waals surface area contributed by atoms with Crippen molar-refractivity contribution in [3.05, 3.63) is 59.8 Å². The van der Waals surface area contributed by atoms with Crippen molar-refractivity contribution in [3.63, 3.8) is 0 Å². The van der Waals surface area contributed by atoms with Crippen LogP contribution in [0.3, 0.4) is 0 Å². The van der Waals surface area contributed by atoms with E-state index in [-0.39, 0.29) is 16.3 Å². The van der Waals surface area contributed by atoms with Crippen LogP contribution in [0.2, 0.25) is 0 Å². The minimum absolute atomic E-state index is 0.0539. The maximum atomic E-state index is 12.9. The Hall–Kier alpha value is -2.60. The molecule has 0 bridgehead atoms. The number of rotatable bonds is 3. The summed E-state index contributed by atoms with van der Waals surface area (Å²) in [6.07, 6.45) is 0.473. The lowest BCUT2D eigenvalue weighted by Crippen LogP contribution is -2.16. The molecule has 0 radical (unpaired) electrons. The standard InChI is InChI=1S/C16H14N2O3S/c1-11-6-8-12(9-7-11)22(20,21)18-14-5-3-2-4-13(14)16(17)15(18)10-19/h2-10H,17H2,1H3. The van der Waals surface area contributed by atoms with Gasteiger partial charge in [-0.1, -0.05) is 35.9 Å². The van der Waals surface area contributed by atoms with Gasteiger partial charge in [0.1, 0.15) is 5.69 Å². The summed E-state index contributed by atoms with van der Waals surface area (Å²) in [6, 6.07) is 13.2.